The van der Waals surface area contributed by atoms with Gasteiger partial charge in [-0.05, 0) is 69.1 Å². The summed E-state index contributed by atoms with van der Waals surface area (Å²) in [6.45, 7) is 7.57. The Hall–Kier alpha value is -0.630. The van der Waals surface area contributed by atoms with E-state index >= 15 is 0 Å². The standard InChI is InChI=1S/C19H33NO3/c1-12(13(11-20)10-17(22)18(2,3)23)14-7-8-15-16(21)6-5-9-19(14,15)4/h12-17,21-23H,5-10H2,1-4H3/t12-,13?,14-,15+,16+,17-,19-/m1/s1. The molecule has 7 atom stereocenters. The average Bonchev–Trinajstić information content (AvgIpc) is 2.81. The second-order valence-corrected chi connectivity index (χ2v) is 8.76. The van der Waals surface area contributed by atoms with Gasteiger partial charge >= 0.3 is 0 Å². The molecule has 4 nitrogen and oxygen atoms in total. The zero-order chi connectivity index (χ0) is 17.4. The lowest BCUT2D eigenvalue weighted by Crippen LogP contribution is -2.43. The van der Waals surface area contributed by atoms with Gasteiger partial charge in [-0.2, -0.15) is 5.26 Å². The zero-order valence-corrected chi connectivity index (χ0v) is 15.0. The maximum absolute atomic E-state index is 10.4. The molecule has 0 heterocycles. The smallest absolute Gasteiger partial charge is 0.0850 e. The van der Waals surface area contributed by atoms with Gasteiger partial charge < -0.3 is 15.3 Å². The van der Waals surface area contributed by atoms with Gasteiger partial charge in [0.15, 0.2) is 0 Å². The Bertz CT molecular complexity index is 453. The highest BCUT2D eigenvalue weighted by atomic mass is 16.3. The fourth-order valence-electron chi connectivity index (χ4n) is 5.25. The van der Waals surface area contributed by atoms with Gasteiger partial charge in [0.05, 0.1) is 29.8 Å². The number of hydrogen-bond donors (Lipinski definition) is 3. The molecule has 0 bridgehead atoms. The minimum Gasteiger partial charge on any atom is -0.393 e. The summed E-state index contributed by atoms with van der Waals surface area (Å²) in [4.78, 5) is 0. The van der Waals surface area contributed by atoms with Gasteiger partial charge in [-0.1, -0.05) is 20.3 Å². The topological polar surface area (TPSA) is 84.5 Å². The second kappa shape index (κ2) is 6.70. The van der Waals surface area contributed by atoms with Crippen LogP contribution in [0.3, 0.4) is 0 Å². The van der Waals surface area contributed by atoms with Crippen molar-refractivity contribution in [3.8, 4) is 6.07 Å². The maximum Gasteiger partial charge on any atom is 0.0850 e. The Morgan fingerprint density at radius 1 is 1.30 bits per heavy atom. The minimum atomic E-state index is -1.18. The van der Waals surface area contributed by atoms with E-state index < -0.39 is 11.7 Å². The molecule has 0 spiro atoms. The largest absolute Gasteiger partial charge is 0.393 e. The SMILES string of the molecule is C[C@H](C(C#N)C[C@@H](O)C(C)(C)O)[C@H]1CC[C@H]2[C@@H](O)CCC[C@]12C. The first kappa shape index (κ1) is 18.7. The molecule has 0 radical (unpaired) electrons. The second-order valence-electron chi connectivity index (χ2n) is 8.76. The molecule has 4 heteroatoms. The predicted molar refractivity (Wildman–Crippen MR) is 89.4 cm³/mol. The molecule has 0 aromatic heterocycles. The van der Waals surface area contributed by atoms with E-state index in [1.807, 2.05) is 0 Å². The zero-order valence-electron chi connectivity index (χ0n) is 15.0. The molecule has 0 aliphatic heterocycles. The predicted octanol–water partition coefficient (Wildman–Crippen LogP) is 2.86. The van der Waals surface area contributed by atoms with Gasteiger partial charge in [0.2, 0.25) is 0 Å². The number of nitriles is 1. The van der Waals surface area contributed by atoms with Crippen LogP contribution >= 0.6 is 0 Å². The van der Waals surface area contributed by atoms with Crippen LogP contribution in [0, 0.1) is 40.4 Å². The first-order chi connectivity index (χ1) is 10.6. The van der Waals surface area contributed by atoms with Gasteiger partial charge in [-0.15, -0.1) is 0 Å². The minimum absolute atomic E-state index is 0.103. The molecular weight excluding hydrogens is 290 g/mol. The monoisotopic (exact) mass is 323 g/mol. The summed E-state index contributed by atoms with van der Waals surface area (Å²) in [7, 11) is 0. The van der Waals surface area contributed by atoms with Crippen molar-refractivity contribution in [2.24, 2.45) is 29.1 Å². The first-order valence-corrected chi connectivity index (χ1v) is 9.09. The summed E-state index contributed by atoms with van der Waals surface area (Å²) >= 11 is 0. The third kappa shape index (κ3) is 3.57. The molecule has 0 amide bonds. The average molecular weight is 323 g/mol. The molecule has 132 valence electrons. The van der Waals surface area contributed by atoms with Crippen molar-refractivity contribution < 1.29 is 15.3 Å². The van der Waals surface area contributed by atoms with Gasteiger partial charge in [0.1, 0.15) is 0 Å². The molecule has 23 heavy (non-hydrogen) atoms. The molecule has 0 aromatic rings. The summed E-state index contributed by atoms with van der Waals surface area (Å²) in [6, 6.07) is 2.37. The van der Waals surface area contributed by atoms with Crippen LogP contribution in [-0.2, 0) is 0 Å². The molecule has 2 saturated carbocycles. The number of aliphatic hydroxyl groups excluding tert-OH is 2. The van der Waals surface area contributed by atoms with E-state index in [0.717, 1.165) is 32.1 Å². The van der Waals surface area contributed by atoms with Crippen LogP contribution in [0.25, 0.3) is 0 Å². The van der Waals surface area contributed by atoms with Crippen LogP contribution in [0.2, 0.25) is 0 Å². The number of fused-ring (bicyclic) bond motifs is 1. The Balaban J connectivity index is 2.12. The summed E-state index contributed by atoms with van der Waals surface area (Å²) in [5.74, 6) is 0.650. The van der Waals surface area contributed by atoms with E-state index in [-0.39, 0.29) is 23.4 Å². The normalized spacial score (nSPS) is 38.4. The van der Waals surface area contributed by atoms with Crippen molar-refractivity contribution in [1.29, 1.82) is 5.26 Å². The maximum atomic E-state index is 10.4. The highest BCUT2D eigenvalue weighted by Gasteiger charge is 2.53. The van der Waals surface area contributed by atoms with Gasteiger partial charge in [0, 0.05) is 0 Å². The lowest BCUT2D eigenvalue weighted by molar-refractivity contribution is -0.0647. The molecule has 1 unspecified atom stereocenters. The Morgan fingerprint density at radius 3 is 2.52 bits per heavy atom. The molecule has 2 aliphatic carbocycles. The van der Waals surface area contributed by atoms with E-state index in [9.17, 15) is 20.6 Å². The molecular formula is C19H33NO3. The van der Waals surface area contributed by atoms with Gasteiger partial charge in [-0.3, -0.25) is 0 Å². The number of hydrogen-bond acceptors (Lipinski definition) is 4. The summed E-state index contributed by atoms with van der Waals surface area (Å²) in [6.07, 6.45) is 4.39. The van der Waals surface area contributed by atoms with Crippen LogP contribution in [0.4, 0.5) is 0 Å². The van der Waals surface area contributed by atoms with Crippen molar-refractivity contribution in [1.82, 2.24) is 0 Å². The molecule has 3 N–H and O–H groups in total. The van der Waals surface area contributed by atoms with Gasteiger partial charge in [0.25, 0.3) is 0 Å². The summed E-state index contributed by atoms with van der Waals surface area (Å²) < 4.78 is 0. The molecule has 2 fully saturated rings. The van der Waals surface area contributed by atoms with Crippen LogP contribution in [0.5, 0.6) is 0 Å². The van der Waals surface area contributed by atoms with E-state index in [2.05, 4.69) is 19.9 Å². The quantitative estimate of drug-likeness (QED) is 0.726. The van der Waals surface area contributed by atoms with Crippen molar-refractivity contribution >= 4 is 0 Å². The lowest BCUT2D eigenvalue weighted by atomic mass is 9.60. The van der Waals surface area contributed by atoms with E-state index in [1.54, 1.807) is 13.8 Å². The molecule has 2 aliphatic rings. The summed E-state index contributed by atoms with van der Waals surface area (Å²) in [5, 5.41) is 40.1. The number of rotatable bonds is 5. The van der Waals surface area contributed by atoms with Crippen LogP contribution in [-0.4, -0.2) is 33.1 Å². The van der Waals surface area contributed by atoms with Crippen molar-refractivity contribution in [3.05, 3.63) is 0 Å². The third-order valence-corrected chi connectivity index (χ3v) is 6.89. The number of aliphatic hydroxyl groups is 3. The first-order valence-electron chi connectivity index (χ1n) is 9.09. The van der Waals surface area contributed by atoms with E-state index in [0.29, 0.717) is 18.3 Å². The van der Waals surface area contributed by atoms with E-state index in [1.165, 1.54) is 0 Å². The Morgan fingerprint density at radius 2 is 1.96 bits per heavy atom. The molecule has 0 aromatic carbocycles. The van der Waals surface area contributed by atoms with Crippen LogP contribution in [0.1, 0.15) is 66.2 Å². The van der Waals surface area contributed by atoms with Crippen LogP contribution < -0.4 is 0 Å². The lowest BCUT2D eigenvalue weighted by Gasteiger charge is -2.46. The third-order valence-electron chi connectivity index (χ3n) is 6.89. The Labute approximate surface area is 140 Å². The molecule has 0 saturated heterocycles. The Kier molecular flexibility index (Phi) is 5.45. The fourth-order valence-corrected chi connectivity index (χ4v) is 5.25. The van der Waals surface area contributed by atoms with E-state index in [4.69, 9.17) is 0 Å². The van der Waals surface area contributed by atoms with Crippen molar-refractivity contribution in [2.75, 3.05) is 0 Å². The fraction of sp³-hybridized carbons (Fsp3) is 0.947. The highest BCUT2D eigenvalue weighted by Crippen LogP contribution is 2.58. The van der Waals surface area contributed by atoms with Crippen molar-refractivity contribution in [3.63, 3.8) is 0 Å². The summed E-state index contributed by atoms with van der Waals surface area (Å²) in [5.41, 5.74) is -1.08. The highest BCUT2D eigenvalue weighted by molar-refractivity contribution is 5.05. The van der Waals surface area contributed by atoms with Gasteiger partial charge in [-0.25, -0.2) is 0 Å². The molecule has 2 rings (SSSR count). The van der Waals surface area contributed by atoms with Crippen molar-refractivity contribution in [2.45, 2.75) is 84.0 Å². The van der Waals surface area contributed by atoms with Crippen LogP contribution in [0.15, 0.2) is 0 Å². The number of nitrogens with zero attached hydrogens (tertiary/aromatic N) is 1.